The number of aromatic nitrogens is 2. The molecule has 0 atom stereocenters. The zero-order chi connectivity index (χ0) is 22.8. The molecule has 0 bridgehead atoms. The Balaban J connectivity index is 1.50. The minimum absolute atomic E-state index is 0.195. The van der Waals surface area contributed by atoms with Crippen LogP contribution in [0.2, 0.25) is 0 Å². The lowest BCUT2D eigenvalue weighted by molar-refractivity contribution is -0.154. The van der Waals surface area contributed by atoms with Crippen LogP contribution >= 0.6 is 0 Å². The summed E-state index contributed by atoms with van der Waals surface area (Å²) in [6.45, 7) is 6.48. The van der Waals surface area contributed by atoms with Crippen LogP contribution in [0.3, 0.4) is 0 Å². The second-order valence-electron chi connectivity index (χ2n) is 8.23. The standard InChI is InChI=1S/C22H27N5O5/c1-15(2)27-19(28)17-6-4-3-5-16(17)18(23-27)20(29)24-7-9-25(10-8-24)21(30)22(31)26-11-13-32-14-12-26/h3-6,15H,7-14H2,1-2H3. The van der Waals surface area contributed by atoms with Gasteiger partial charge >= 0.3 is 11.8 Å². The van der Waals surface area contributed by atoms with Crippen molar-refractivity contribution in [2.75, 3.05) is 52.5 Å². The highest BCUT2D eigenvalue weighted by Gasteiger charge is 2.32. The molecule has 0 radical (unpaired) electrons. The third kappa shape index (κ3) is 4.10. The van der Waals surface area contributed by atoms with Crippen molar-refractivity contribution >= 4 is 28.5 Å². The predicted octanol–water partition coefficient (Wildman–Crippen LogP) is 0.121. The molecule has 2 saturated heterocycles. The van der Waals surface area contributed by atoms with E-state index in [2.05, 4.69) is 5.10 Å². The van der Waals surface area contributed by atoms with E-state index in [1.807, 2.05) is 13.8 Å². The molecular formula is C22H27N5O5. The van der Waals surface area contributed by atoms with Crippen molar-refractivity contribution in [3.05, 3.63) is 40.3 Å². The van der Waals surface area contributed by atoms with E-state index in [0.717, 1.165) is 0 Å². The fourth-order valence-corrected chi connectivity index (χ4v) is 4.01. The van der Waals surface area contributed by atoms with Gasteiger partial charge in [-0.1, -0.05) is 18.2 Å². The van der Waals surface area contributed by atoms with Crippen LogP contribution in [0.5, 0.6) is 0 Å². The molecule has 2 aliphatic heterocycles. The summed E-state index contributed by atoms with van der Waals surface area (Å²) in [5.41, 5.74) is -0.0118. The average molecular weight is 441 g/mol. The van der Waals surface area contributed by atoms with Crippen molar-refractivity contribution < 1.29 is 19.1 Å². The number of morpholine rings is 1. The van der Waals surface area contributed by atoms with Gasteiger partial charge in [0, 0.05) is 44.7 Å². The second-order valence-corrected chi connectivity index (χ2v) is 8.23. The average Bonchev–Trinajstić information content (AvgIpc) is 2.83. The minimum atomic E-state index is -0.545. The maximum Gasteiger partial charge on any atom is 0.312 e. The summed E-state index contributed by atoms with van der Waals surface area (Å²) in [5.74, 6) is -1.36. The summed E-state index contributed by atoms with van der Waals surface area (Å²) in [6.07, 6.45) is 0. The van der Waals surface area contributed by atoms with Gasteiger partial charge in [0.1, 0.15) is 0 Å². The zero-order valence-electron chi connectivity index (χ0n) is 18.3. The molecule has 1 aromatic heterocycles. The summed E-state index contributed by atoms with van der Waals surface area (Å²) < 4.78 is 6.56. The highest BCUT2D eigenvalue weighted by Crippen LogP contribution is 2.18. The Bertz CT molecular complexity index is 1100. The van der Waals surface area contributed by atoms with E-state index in [9.17, 15) is 19.2 Å². The molecule has 2 aromatic rings. The Morgan fingerprint density at radius 2 is 1.38 bits per heavy atom. The quantitative estimate of drug-likeness (QED) is 0.613. The number of benzene rings is 1. The fraction of sp³-hybridized carbons (Fsp3) is 0.500. The van der Waals surface area contributed by atoms with E-state index < -0.39 is 11.8 Å². The molecule has 0 saturated carbocycles. The third-order valence-corrected chi connectivity index (χ3v) is 5.86. The normalized spacial score (nSPS) is 17.2. The molecule has 2 fully saturated rings. The first-order chi connectivity index (χ1) is 15.4. The number of ether oxygens (including phenoxy) is 1. The largest absolute Gasteiger partial charge is 0.378 e. The highest BCUT2D eigenvalue weighted by atomic mass is 16.5. The number of hydrogen-bond donors (Lipinski definition) is 0. The van der Waals surface area contributed by atoms with Gasteiger partial charge in [0.05, 0.1) is 24.6 Å². The van der Waals surface area contributed by atoms with Gasteiger partial charge in [-0.05, 0) is 19.9 Å². The van der Waals surface area contributed by atoms with E-state index in [1.165, 1.54) is 14.5 Å². The molecule has 4 rings (SSSR count). The van der Waals surface area contributed by atoms with E-state index in [-0.39, 0.29) is 49.4 Å². The molecule has 10 nitrogen and oxygen atoms in total. The Kier molecular flexibility index (Phi) is 6.22. The van der Waals surface area contributed by atoms with Crippen molar-refractivity contribution in [1.29, 1.82) is 0 Å². The van der Waals surface area contributed by atoms with E-state index in [0.29, 0.717) is 37.1 Å². The molecule has 32 heavy (non-hydrogen) atoms. The molecule has 0 spiro atoms. The summed E-state index contributed by atoms with van der Waals surface area (Å²) in [7, 11) is 0. The SMILES string of the molecule is CC(C)n1nc(C(=O)N2CCN(C(=O)C(=O)N3CCOCC3)CC2)c2ccccc2c1=O. The number of carbonyl (C=O) groups is 3. The predicted molar refractivity (Wildman–Crippen MR) is 116 cm³/mol. The van der Waals surface area contributed by atoms with Crippen molar-refractivity contribution in [2.24, 2.45) is 0 Å². The van der Waals surface area contributed by atoms with Crippen molar-refractivity contribution in [1.82, 2.24) is 24.5 Å². The smallest absolute Gasteiger partial charge is 0.312 e. The van der Waals surface area contributed by atoms with Crippen LogP contribution in [0.25, 0.3) is 10.8 Å². The van der Waals surface area contributed by atoms with Gasteiger partial charge in [0.25, 0.3) is 11.5 Å². The Morgan fingerprint density at radius 1 is 0.844 bits per heavy atom. The molecule has 3 heterocycles. The van der Waals surface area contributed by atoms with Gasteiger partial charge in [-0.2, -0.15) is 5.10 Å². The maximum absolute atomic E-state index is 13.3. The van der Waals surface area contributed by atoms with Crippen LogP contribution in [0.15, 0.2) is 29.1 Å². The minimum Gasteiger partial charge on any atom is -0.378 e. The number of nitrogens with zero attached hydrogens (tertiary/aromatic N) is 5. The lowest BCUT2D eigenvalue weighted by atomic mass is 10.1. The van der Waals surface area contributed by atoms with Gasteiger partial charge < -0.3 is 19.4 Å². The van der Waals surface area contributed by atoms with Crippen LogP contribution < -0.4 is 5.56 Å². The highest BCUT2D eigenvalue weighted by molar-refractivity contribution is 6.35. The Morgan fingerprint density at radius 3 is 1.97 bits per heavy atom. The summed E-state index contributed by atoms with van der Waals surface area (Å²) >= 11 is 0. The fourth-order valence-electron chi connectivity index (χ4n) is 4.01. The second kappa shape index (κ2) is 9.07. The molecule has 2 aliphatic rings. The molecular weight excluding hydrogens is 414 g/mol. The molecule has 0 aliphatic carbocycles. The Hall–Kier alpha value is -3.27. The number of rotatable bonds is 2. The van der Waals surface area contributed by atoms with Crippen LogP contribution in [0.1, 0.15) is 30.4 Å². The molecule has 170 valence electrons. The third-order valence-electron chi connectivity index (χ3n) is 5.86. The van der Waals surface area contributed by atoms with Crippen molar-refractivity contribution in [3.8, 4) is 0 Å². The van der Waals surface area contributed by atoms with E-state index >= 15 is 0 Å². The van der Waals surface area contributed by atoms with Crippen LogP contribution in [-0.2, 0) is 14.3 Å². The Labute approximate surface area is 185 Å². The van der Waals surface area contributed by atoms with E-state index in [1.54, 1.807) is 29.2 Å². The number of carbonyl (C=O) groups excluding carboxylic acids is 3. The number of piperazine rings is 1. The summed E-state index contributed by atoms with van der Waals surface area (Å²) in [6, 6.07) is 6.76. The van der Waals surface area contributed by atoms with Gasteiger partial charge in [-0.15, -0.1) is 0 Å². The monoisotopic (exact) mass is 441 g/mol. The summed E-state index contributed by atoms with van der Waals surface area (Å²) in [4.78, 5) is 55.7. The van der Waals surface area contributed by atoms with Gasteiger partial charge in [0.2, 0.25) is 0 Å². The van der Waals surface area contributed by atoms with Gasteiger partial charge in [0.15, 0.2) is 5.69 Å². The zero-order valence-corrected chi connectivity index (χ0v) is 18.3. The maximum atomic E-state index is 13.3. The molecule has 10 heteroatoms. The van der Waals surface area contributed by atoms with Crippen LogP contribution in [0.4, 0.5) is 0 Å². The first-order valence-corrected chi connectivity index (χ1v) is 10.8. The van der Waals surface area contributed by atoms with Crippen LogP contribution in [0, 0.1) is 0 Å². The number of hydrogen-bond acceptors (Lipinski definition) is 6. The summed E-state index contributed by atoms with van der Waals surface area (Å²) in [5, 5.41) is 5.34. The van der Waals surface area contributed by atoms with E-state index in [4.69, 9.17) is 4.74 Å². The number of amides is 3. The molecule has 0 N–H and O–H groups in total. The number of fused-ring (bicyclic) bond motifs is 1. The topological polar surface area (TPSA) is 105 Å². The van der Waals surface area contributed by atoms with Gasteiger partial charge in [-0.25, -0.2) is 4.68 Å². The van der Waals surface area contributed by atoms with Gasteiger partial charge in [-0.3, -0.25) is 19.2 Å². The first kappa shape index (κ1) is 21.9. The first-order valence-electron chi connectivity index (χ1n) is 10.8. The van der Waals surface area contributed by atoms with Crippen molar-refractivity contribution in [3.63, 3.8) is 0 Å². The lowest BCUT2D eigenvalue weighted by Crippen LogP contribution is -2.55. The lowest BCUT2D eigenvalue weighted by Gasteiger charge is -2.35. The van der Waals surface area contributed by atoms with Crippen LogP contribution in [-0.4, -0.2) is 94.7 Å². The molecule has 0 unspecified atom stereocenters. The molecule has 1 aromatic carbocycles. The van der Waals surface area contributed by atoms with Crippen molar-refractivity contribution in [2.45, 2.75) is 19.9 Å². The molecule has 3 amide bonds.